The van der Waals surface area contributed by atoms with E-state index in [0.29, 0.717) is 6.54 Å². The molecule has 1 aromatic carbocycles. The fourth-order valence-electron chi connectivity index (χ4n) is 2.07. The number of aryl methyl sites for hydroxylation is 1. The van der Waals surface area contributed by atoms with Crippen molar-refractivity contribution >= 4 is 6.03 Å². The van der Waals surface area contributed by atoms with Crippen LogP contribution in [0.25, 0.3) is 0 Å². The monoisotopic (exact) mass is 278 g/mol. The Labute approximate surface area is 121 Å². The summed E-state index contributed by atoms with van der Waals surface area (Å²) in [5.74, 6) is 0. The molecular formula is C16H26N2O2. The number of urea groups is 1. The summed E-state index contributed by atoms with van der Waals surface area (Å²) in [5, 5.41) is 14.9. The van der Waals surface area contributed by atoms with Gasteiger partial charge in [0, 0.05) is 6.54 Å². The molecule has 0 heterocycles. The molecule has 0 aliphatic heterocycles. The number of hydrogen-bond acceptors (Lipinski definition) is 2. The van der Waals surface area contributed by atoms with Gasteiger partial charge in [0.15, 0.2) is 0 Å². The van der Waals surface area contributed by atoms with Crippen LogP contribution in [0.4, 0.5) is 4.79 Å². The van der Waals surface area contributed by atoms with E-state index in [1.807, 2.05) is 12.1 Å². The molecule has 1 rings (SSSR count). The molecule has 0 saturated heterocycles. The maximum Gasteiger partial charge on any atom is 0.315 e. The molecule has 0 aromatic heterocycles. The summed E-state index contributed by atoms with van der Waals surface area (Å²) in [6, 6.07) is 5.69. The normalized spacial score (nSPS) is 12.0. The molecule has 0 aliphatic carbocycles. The molecule has 112 valence electrons. The van der Waals surface area contributed by atoms with Crippen LogP contribution in [0.15, 0.2) is 18.2 Å². The number of carbonyl (C=O) groups excluding carboxylic acids is 1. The molecule has 2 amide bonds. The predicted octanol–water partition coefficient (Wildman–Crippen LogP) is 2.65. The second-order valence-corrected chi connectivity index (χ2v) is 5.21. The van der Waals surface area contributed by atoms with Gasteiger partial charge in [-0.05, 0) is 37.0 Å². The van der Waals surface area contributed by atoms with Gasteiger partial charge < -0.3 is 15.7 Å². The summed E-state index contributed by atoms with van der Waals surface area (Å²) in [6.45, 7) is 6.70. The number of aliphatic hydroxyl groups excluding tert-OH is 1. The van der Waals surface area contributed by atoms with Gasteiger partial charge in [-0.3, -0.25) is 0 Å². The molecule has 0 fully saturated rings. The number of unbranched alkanes of at least 4 members (excludes halogenated alkanes) is 1. The third-order valence-corrected chi connectivity index (χ3v) is 3.62. The zero-order chi connectivity index (χ0) is 15.0. The molecule has 1 aromatic rings. The van der Waals surface area contributed by atoms with Crippen molar-refractivity contribution in [2.75, 3.05) is 6.61 Å². The van der Waals surface area contributed by atoms with Crippen LogP contribution < -0.4 is 10.6 Å². The van der Waals surface area contributed by atoms with Gasteiger partial charge in [-0.15, -0.1) is 0 Å². The highest BCUT2D eigenvalue weighted by Gasteiger charge is 2.10. The molecular weight excluding hydrogens is 252 g/mol. The van der Waals surface area contributed by atoms with Crippen LogP contribution in [0.5, 0.6) is 0 Å². The first-order valence-corrected chi connectivity index (χ1v) is 7.28. The van der Waals surface area contributed by atoms with Crippen molar-refractivity contribution < 1.29 is 9.90 Å². The average Bonchev–Trinajstić information content (AvgIpc) is 2.45. The van der Waals surface area contributed by atoms with E-state index >= 15 is 0 Å². The fourth-order valence-corrected chi connectivity index (χ4v) is 2.07. The van der Waals surface area contributed by atoms with Crippen LogP contribution in [-0.2, 0) is 6.54 Å². The first-order chi connectivity index (χ1) is 9.58. The highest BCUT2D eigenvalue weighted by atomic mass is 16.3. The third-order valence-electron chi connectivity index (χ3n) is 3.62. The highest BCUT2D eigenvalue weighted by molar-refractivity contribution is 5.74. The van der Waals surface area contributed by atoms with Gasteiger partial charge >= 0.3 is 6.03 Å². The average molecular weight is 278 g/mol. The number of benzene rings is 1. The van der Waals surface area contributed by atoms with Crippen molar-refractivity contribution in [2.45, 2.75) is 52.6 Å². The summed E-state index contributed by atoms with van der Waals surface area (Å²) < 4.78 is 0. The van der Waals surface area contributed by atoms with Crippen LogP contribution in [0.1, 0.15) is 42.9 Å². The zero-order valence-corrected chi connectivity index (χ0v) is 12.7. The van der Waals surface area contributed by atoms with E-state index < -0.39 is 0 Å². The van der Waals surface area contributed by atoms with E-state index in [2.05, 4.69) is 37.5 Å². The second kappa shape index (κ2) is 8.59. The SMILES string of the molecule is CCCC[C@H](CO)NC(=O)NCc1cccc(C)c1C. The molecule has 0 bridgehead atoms. The minimum Gasteiger partial charge on any atom is -0.394 e. The Morgan fingerprint density at radius 1 is 1.35 bits per heavy atom. The Morgan fingerprint density at radius 2 is 2.10 bits per heavy atom. The lowest BCUT2D eigenvalue weighted by atomic mass is 10.0. The zero-order valence-electron chi connectivity index (χ0n) is 12.7. The molecule has 4 nitrogen and oxygen atoms in total. The number of amides is 2. The molecule has 4 heteroatoms. The summed E-state index contributed by atoms with van der Waals surface area (Å²) in [7, 11) is 0. The molecule has 20 heavy (non-hydrogen) atoms. The minimum absolute atomic E-state index is 0.0170. The molecule has 1 atom stereocenters. The van der Waals surface area contributed by atoms with E-state index in [1.54, 1.807) is 0 Å². The summed E-state index contributed by atoms with van der Waals surface area (Å²) in [6.07, 6.45) is 2.87. The molecule has 0 spiro atoms. The van der Waals surface area contributed by atoms with Crippen LogP contribution in [0.3, 0.4) is 0 Å². The van der Waals surface area contributed by atoms with Crippen molar-refractivity contribution in [3.05, 3.63) is 34.9 Å². The molecule has 0 radical (unpaired) electrons. The van der Waals surface area contributed by atoms with Gasteiger partial charge in [0.25, 0.3) is 0 Å². The van der Waals surface area contributed by atoms with Crippen LogP contribution >= 0.6 is 0 Å². The van der Waals surface area contributed by atoms with Gasteiger partial charge in [-0.2, -0.15) is 0 Å². The van der Waals surface area contributed by atoms with Gasteiger partial charge in [0.05, 0.1) is 12.6 Å². The van der Waals surface area contributed by atoms with E-state index in [4.69, 9.17) is 0 Å². The van der Waals surface area contributed by atoms with Crippen LogP contribution in [0.2, 0.25) is 0 Å². The summed E-state index contributed by atoms with van der Waals surface area (Å²) in [4.78, 5) is 11.8. The Kier molecular flexibility index (Phi) is 7.09. The van der Waals surface area contributed by atoms with Crippen LogP contribution in [0, 0.1) is 13.8 Å². The van der Waals surface area contributed by atoms with Gasteiger partial charge in [0.1, 0.15) is 0 Å². The minimum atomic E-state index is -0.221. The van der Waals surface area contributed by atoms with Crippen molar-refractivity contribution in [1.29, 1.82) is 0 Å². The third kappa shape index (κ3) is 5.21. The standard InChI is InChI=1S/C16H26N2O2/c1-4-5-9-15(11-19)18-16(20)17-10-14-8-6-7-12(2)13(14)3/h6-8,15,19H,4-5,9-11H2,1-3H3,(H2,17,18,20)/t15-/m1/s1. The predicted molar refractivity (Wildman–Crippen MR) is 81.7 cm³/mol. The lowest BCUT2D eigenvalue weighted by Gasteiger charge is -2.17. The van der Waals surface area contributed by atoms with E-state index in [1.165, 1.54) is 11.1 Å². The molecule has 3 N–H and O–H groups in total. The smallest absolute Gasteiger partial charge is 0.315 e. The van der Waals surface area contributed by atoms with Crippen molar-refractivity contribution in [1.82, 2.24) is 10.6 Å². The summed E-state index contributed by atoms with van der Waals surface area (Å²) >= 11 is 0. The lowest BCUT2D eigenvalue weighted by Crippen LogP contribution is -2.43. The molecule has 0 unspecified atom stereocenters. The van der Waals surface area contributed by atoms with Gasteiger partial charge in [-0.25, -0.2) is 4.79 Å². The number of carbonyl (C=O) groups is 1. The van der Waals surface area contributed by atoms with E-state index in [9.17, 15) is 9.90 Å². The Bertz CT molecular complexity index is 432. The number of hydrogen-bond donors (Lipinski definition) is 3. The van der Waals surface area contributed by atoms with Crippen molar-refractivity contribution in [2.24, 2.45) is 0 Å². The first-order valence-electron chi connectivity index (χ1n) is 7.28. The van der Waals surface area contributed by atoms with Crippen molar-refractivity contribution in [3.8, 4) is 0 Å². The number of rotatable bonds is 7. The molecule has 0 aliphatic rings. The van der Waals surface area contributed by atoms with E-state index in [0.717, 1.165) is 24.8 Å². The topological polar surface area (TPSA) is 61.4 Å². The number of nitrogens with one attached hydrogen (secondary N) is 2. The maximum atomic E-state index is 11.8. The summed E-state index contributed by atoms with van der Waals surface area (Å²) in [5.41, 5.74) is 3.55. The molecule has 0 saturated carbocycles. The highest BCUT2D eigenvalue weighted by Crippen LogP contribution is 2.12. The second-order valence-electron chi connectivity index (χ2n) is 5.21. The first kappa shape index (κ1) is 16.5. The van der Waals surface area contributed by atoms with Crippen LogP contribution in [-0.4, -0.2) is 23.8 Å². The fraction of sp³-hybridized carbons (Fsp3) is 0.562. The Hall–Kier alpha value is -1.55. The lowest BCUT2D eigenvalue weighted by molar-refractivity contribution is 0.211. The van der Waals surface area contributed by atoms with Crippen molar-refractivity contribution in [3.63, 3.8) is 0 Å². The van der Waals surface area contributed by atoms with E-state index in [-0.39, 0.29) is 18.7 Å². The Morgan fingerprint density at radius 3 is 2.75 bits per heavy atom. The van der Waals surface area contributed by atoms with Gasteiger partial charge in [-0.1, -0.05) is 38.0 Å². The number of aliphatic hydroxyl groups is 1. The Balaban J connectivity index is 2.44. The largest absolute Gasteiger partial charge is 0.394 e. The van der Waals surface area contributed by atoms with Gasteiger partial charge in [0.2, 0.25) is 0 Å². The quantitative estimate of drug-likeness (QED) is 0.718. The maximum absolute atomic E-state index is 11.8.